The molecule has 2 heterocycles. The summed E-state index contributed by atoms with van der Waals surface area (Å²) < 4.78 is 10.7. The van der Waals surface area contributed by atoms with E-state index in [1.807, 2.05) is 24.3 Å². The standard InChI is InChI=1S/C16H15N5O2S/c1-22-11-5-6-13(23-2)12(8-11)14-15(24-16(17)19-14)21-20-10-4-3-7-18-9-10/h3-9H,1-2H3,(H2,17,19). The molecule has 3 aromatic rings. The second kappa shape index (κ2) is 7.05. The van der Waals surface area contributed by atoms with E-state index < -0.39 is 0 Å². The molecule has 0 atom stereocenters. The normalized spacial score (nSPS) is 10.9. The molecule has 0 radical (unpaired) electrons. The van der Waals surface area contributed by atoms with Crippen molar-refractivity contribution in [2.75, 3.05) is 20.0 Å². The Morgan fingerprint density at radius 2 is 2.00 bits per heavy atom. The van der Waals surface area contributed by atoms with E-state index in [0.29, 0.717) is 33.0 Å². The first-order valence-corrected chi connectivity index (χ1v) is 7.83. The van der Waals surface area contributed by atoms with Crippen molar-refractivity contribution in [2.24, 2.45) is 10.2 Å². The number of hydrogen-bond donors (Lipinski definition) is 1. The highest BCUT2D eigenvalue weighted by Crippen LogP contribution is 2.42. The van der Waals surface area contributed by atoms with Crippen LogP contribution in [0.3, 0.4) is 0 Å². The number of hydrogen-bond acceptors (Lipinski definition) is 8. The van der Waals surface area contributed by atoms with Gasteiger partial charge >= 0.3 is 0 Å². The van der Waals surface area contributed by atoms with Gasteiger partial charge in [-0.25, -0.2) is 4.98 Å². The van der Waals surface area contributed by atoms with Crippen molar-refractivity contribution in [3.8, 4) is 22.8 Å². The summed E-state index contributed by atoms with van der Waals surface area (Å²) in [4.78, 5) is 8.37. The first kappa shape index (κ1) is 15.9. The predicted octanol–water partition coefficient (Wildman–Crippen LogP) is 4.22. The predicted molar refractivity (Wildman–Crippen MR) is 93.5 cm³/mol. The van der Waals surface area contributed by atoms with E-state index in [0.717, 1.165) is 5.56 Å². The number of rotatable bonds is 5. The fourth-order valence-electron chi connectivity index (χ4n) is 2.09. The molecule has 7 nitrogen and oxygen atoms in total. The van der Waals surface area contributed by atoms with Crippen LogP contribution in [0.25, 0.3) is 11.3 Å². The van der Waals surface area contributed by atoms with Crippen molar-refractivity contribution in [1.29, 1.82) is 0 Å². The molecule has 0 spiro atoms. The van der Waals surface area contributed by atoms with Crippen LogP contribution in [0, 0.1) is 0 Å². The SMILES string of the molecule is COc1ccc(OC)c(-c2nc(N)sc2N=Nc2cccnc2)c1. The first-order valence-electron chi connectivity index (χ1n) is 7.01. The van der Waals surface area contributed by atoms with E-state index in [1.54, 1.807) is 32.7 Å². The van der Waals surface area contributed by atoms with Crippen molar-refractivity contribution in [3.63, 3.8) is 0 Å². The van der Waals surface area contributed by atoms with E-state index in [4.69, 9.17) is 15.2 Å². The largest absolute Gasteiger partial charge is 0.497 e. The van der Waals surface area contributed by atoms with E-state index in [9.17, 15) is 0 Å². The van der Waals surface area contributed by atoms with Gasteiger partial charge in [0.15, 0.2) is 10.1 Å². The van der Waals surface area contributed by atoms with Gasteiger partial charge in [0.05, 0.1) is 20.4 Å². The first-order chi connectivity index (χ1) is 11.7. The summed E-state index contributed by atoms with van der Waals surface area (Å²) in [6, 6.07) is 9.06. The zero-order valence-electron chi connectivity index (χ0n) is 13.1. The summed E-state index contributed by atoms with van der Waals surface area (Å²) in [5.41, 5.74) is 7.85. The Kier molecular flexibility index (Phi) is 4.66. The zero-order chi connectivity index (χ0) is 16.9. The van der Waals surface area contributed by atoms with Gasteiger partial charge < -0.3 is 15.2 Å². The molecule has 0 unspecified atom stereocenters. The number of methoxy groups -OCH3 is 2. The molecule has 1 aromatic carbocycles. The number of benzene rings is 1. The summed E-state index contributed by atoms with van der Waals surface area (Å²) in [5.74, 6) is 1.34. The van der Waals surface area contributed by atoms with Gasteiger partial charge in [0.25, 0.3) is 0 Å². The second-order valence-corrected chi connectivity index (χ2v) is 5.69. The third-order valence-corrected chi connectivity index (χ3v) is 3.96. The Bertz CT molecular complexity index is 864. The van der Waals surface area contributed by atoms with Gasteiger partial charge in [0.1, 0.15) is 22.9 Å². The fourth-order valence-corrected chi connectivity index (χ4v) is 2.76. The number of nitrogens with two attached hydrogens (primary N) is 1. The molecule has 122 valence electrons. The van der Waals surface area contributed by atoms with Gasteiger partial charge in [0.2, 0.25) is 0 Å². The molecule has 0 aliphatic heterocycles. The number of pyridine rings is 1. The maximum atomic E-state index is 5.87. The molecule has 0 fully saturated rings. The van der Waals surface area contributed by atoms with Crippen LogP contribution in [-0.4, -0.2) is 24.2 Å². The highest BCUT2D eigenvalue weighted by atomic mass is 32.1. The Morgan fingerprint density at radius 3 is 2.71 bits per heavy atom. The minimum Gasteiger partial charge on any atom is -0.497 e. The lowest BCUT2D eigenvalue weighted by Gasteiger charge is -2.09. The number of aromatic nitrogens is 2. The van der Waals surface area contributed by atoms with E-state index in [2.05, 4.69) is 20.2 Å². The molecule has 0 bridgehead atoms. The highest BCUT2D eigenvalue weighted by molar-refractivity contribution is 7.19. The lowest BCUT2D eigenvalue weighted by molar-refractivity contribution is 0.404. The quantitative estimate of drug-likeness (QED) is 0.701. The van der Waals surface area contributed by atoms with Gasteiger partial charge in [0, 0.05) is 11.8 Å². The molecule has 2 N–H and O–H groups in total. The van der Waals surface area contributed by atoms with E-state index >= 15 is 0 Å². The monoisotopic (exact) mass is 341 g/mol. The molecule has 2 aromatic heterocycles. The minimum atomic E-state index is 0.398. The Morgan fingerprint density at radius 1 is 1.12 bits per heavy atom. The third-order valence-electron chi connectivity index (χ3n) is 3.19. The molecular weight excluding hydrogens is 326 g/mol. The summed E-state index contributed by atoms with van der Waals surface area (Å²) in [5, 5.41) is 9.43. The van der Waals surface area contributed by atoms with Gasteiger partial charge in [-0.2, -0.15) is 0 Å². The average molecular weight is 341 g/mol. The second-order valence-electron chi connectivity index (χ2n) is 4.68. The zero-order valence-corrected chi connectivity index (χ0v) is 13.9. The fraction of sp³-hybridized carbons (Fsp3) is 0.125. The number of anilines is 1. The van der Waals surface area contributed by atoms with Crippen molar-refractivity contribution < 1.29 is 9.47 Å². The molecule has 24 heavy (non-hydrogen) atoms. The van der Waals surface area contributed by atoms with Crippen LogP contribution in [0.15, 0.2) is 53.0 Å². The van der Waals surface area contributed by atoms with E-state index in [-0.39, 0.29) is 0 Å². The smallest absolute Gasteiger partial charge is 0.182 e. The number of nitrogen functional groups attached to an aromatic ring is 1. The summed E-state index contributed by atoms with van der Waals surface area (Å²) in [6.07, 6.45) is 3.30. The van der Waals surface area contributed by atoms with Crippen LogP contribution in [0.2, 0.25) is 0 Å². The summed E-state index contributed by atoms with van der Waals surface area (Å²) >= 11 is 1.25. The van der Waals surface area contributed by atoms with Crippen molar-refractivity contribution >= 4 is 27.2 Å². The van der Waals surface area contributed by atoms with Crippen molar-refractivity contribution in [1.82, 2.24) is 9.97 Å². The van der Waals surface area contributed by atoms with Gasteiger partial charge in [-0.15, -0.1) is 10.2 Å². The van der Waals surface area contributed by atoms with E-state index in [1.165, 1.54) is 11.3 Å². The average Bonchev–Trinajstić information content (AvgIpc) is 3.00. The van der Waals surface area contributed by atoms with Gasteiger partial charge in [-0.1, -0.05) is 11.3 Å². The topological polar surface area (TPSA) is 95.0 Å². The third kappa shape index (κ3) is 3.33. The molecular formula is C16H15N5O2S. The Labute approximate surface area is 142 Å². The number of ether oxygens (including phenoxy) is 2. The maximum Gasteiger partial charge on any atom is 0.182 e. The van der Waals surface area contributed by atoms with Crippen LogP contribution in [0.5, 0.6) is 11.5 Å². The molecule has 3 rings (SSSR count). The lowest BCUT2D eigenvalue weighted by atomic mass is 10.1. The number of nitrogens with zero attached hydrogens (tertiary/aromatic N) is 4. The maximum absolute atomic E-state index is 5.87. The highest BCUT2D eigenvalue weighted by Gasteiger charge is 2.17. The molecule has 0 saturated carbocycles. The minimum absolute atomic E-state index is 0.398. The molecule has 0 saturated heterocycles. The van der Waals surface area contributed by atoms with Gasteiger partial charge in [-0.3, -0.25) is 4.98 Å². The Hall–Kier alpha value is -3.00. The van der Waals surface area contributed by atoms with Crippen molar-refractivity contribution in [2.45, 2.75) is 0 Å². The molecule has 0 aliphatic carbocycles. The number of azo groups is 1. The number of thiazole rings is 1. The summed E-state index contributed by atoms with van der Waals surface area (Å²) in [6.45, 7) is 0. The lowest BCUT2D eigenvalue weighted by Crippen LogP contribution is -1.91. The van der Waals surface area contributed by atoms with Gasteiger partial charge in [-0.05, 0) is 30.3 Å². The van der Waals surface area contributed by atoms with Crippen LogP contribution in [-0.2, 0) is 0 Å². The van der Waals surface area contributed by atoms with Crippen molar-refractivity contribution in [3.05, 3.63) is 42.7 Å². The Balaban J connectivity index is 2.05. The molecule has 0 aliphatic rings. The summed E-state index contributed by atoms with van der Waals surface area (Å²) in [7, 11) is 3.20. The van der Waals surface area contributed by atoms with Crippen LogP contribution in [0.1, 0.15) is 0 Å². The molecule has 0 amide bonds. The van der Waals surface area contributed by atoms with Crippen LogP contribution in [0.4, 0.5) is 15.8 Å². The van der Waals surface area contributed by atoms with Crippen LogP contribution >= 0.6 is 11.3 Å². The molecule has 8 heteroatoms. The van der Waals surface area contributed by atoms with Crippen LogP contribution < -0.4 is 15.2 Å².